The van der Waals surface area contributed by atoms with Gasteiger partial charge in [-0.05, 0) is 37.3 Å². The van der Waals surface area contributed by atoms with Crippen LogP contribution in [0.15, 0.2) is 18.2 Å². The summed E-state index contributed by atoms with van der Waals surface area (Å²) >= 11 is 0. The normalized spacial score (nSPS) is 15.1. The van der Waals surface area contributed by atoms with Crippen LogP contribution in [0.1, 0.15) is 36.0 Å². The second-order valence-corrected chi connectivity index (χ2v) is 5.73. The Morgan fingerprint density at radius 3 is 2.65 bits per heavy atom. The fraction of sp³-hybridized carbons (Fsp3) is 0.500. The summed E-state index contributed by atoms with van der Waals surface area (Å²) < 4.78 is 26.2. The summed E-state index contributed by atoms with van der Waals surface area (Å²) in [5.41, 5.74) is 5.40. The van der Waals surface area contributed by atoms with Gasteiger partial charge in [-0.3, -0.25) is 9.59 Å². The molecule has 1 aliphatic rings. The Labute approximate surface area is 133 Å². The van der Waals surface area contributed by atoms with Crippen molar-refractivity contribution in [2.24, 2.45) is 11.7 Å². The molecule has 4 N–H and O–H groups in total. The maximum absolute atomic E-state index is 13.4. The second kappa shape index (κ2) is 8.01. The van der Waals surface area contributed by atoms with Gasteiger partial charge < -0.3 is 16.4 Å². The Kier molecular flexibility index (Phi) is 6.04. The van der Waals surface area contributed by atoms with Crippen LogP contribution < -0.4 is 16.4 Å². The number of rotatable bonds is 8. The van der Waals surface area contributed by atoms with Gasteiger partial charge in [0.1, 0.15) is 11.6 Å². The molecule has 5 nitrogen and oxygen atoms in total. The fourth-order valence-electron chi connectivity index (χ4n) is 2.37. The smallest absolute Gasteiger partial charge is 0.254 e. The summed E-state index contributed by atoms with van der Waals surface area (Å²) in [4.78, 5) is 23.5. The summed E-state index contributed by atoms with van der Waals surface area (Å²) in [7, 11) is 0. The summed E-state index contributed by atoms with van der Waals surface area (Å²) in [6.45, 7) is 0.663. The highest BCUT2D eigenvalue weighted by Crippen LogP contribution is 2.32. The Bertz CT molecular complexity index is 576. The van der Waals surface area contributed by atoms with Crippen LogP contribution in [-0.4, -0.2) is 30.9 Å². The van der Waals surface area contributed by atoms with Crippen molar-refractivity contribution in [2.75, 3.05) is 13.1 Å². The van der Waals surface area contributed by atoms with E-state index in [0.717, 1.165) is 25.0 Å². The first-order chi connectivity index (χ1) is 11.0. The number of nitrogens with one attached hydrogen (secondary N) is 2. The fourth-order valence-corrected chi connectivity index (χ4v) is 2.37. The van der Waals surface area contributed by atoms with E-state index in [9.17, 15) is 18.4 Å². The summed E-state index contributed by atoms with van der Waals surface area (Å²) in [6, 6.07) is 2.81. The summed E-state index contributed by atoms with van der Waals surface area (Å²) in [5.74, 6) is -1.88. The molecule has 126 valence electrons. The van der Waals surface area contributed by atoms with Gasteiger partial charge in [-0.2, -0.15) is 0 Å². The molecular formula is C16H21F2N3O2. The van der Waals surface area contributed by atoms with Gasteiger partial charge in [0, 0.05) is 31.6 Å². The lowest BCUT2D eigenvalue weighted by atomic mass is 10.1. The topological polar surface area (TPSA) is 84.2 Å². The van der Waals surface area contributed by atoms with Crippen molar-refractivity contribution >= 4 is 11.8 Å². The highest BCUT2D eigenvalue weighted by Gasteiger charge is 2.30. The molecule has 2 amide bonds. The average molecular weight is 325 g/mol. The van der Waals surface area contributed by atoms with Gasteiger partial charge in [0.05, 0.1) is 5.56 Å². The van der Waals surface area contributed by atoms with E-state index >= 15 is 0 Å². The first-order valence-electron chi connectivity index (χ1n) is 7.74. The molecule has 1 aromatic carbocycles. The number of amides is 2. The zero-order chi connectivity index (χ0) is 16.8. The standard InChI is InChI=1S/C16H21F2N3O2/c17-11-5-6-12(13(18)8-11)16(23)20-7-1-2-15(22)21-14(9-19)10-3-4-10/h5-6,8,10,14H,1-4,7,9,19H2,(H,20,23)(H,21,22). The van der Waals surface area contributed by atoms with Crippen LogP contribution in [0.2, 0.25) is 0 Å². The lowest BCUT2D eigenvalue weighted by Gasteiger charge is -2.15. The lowest BCUT2D eigenvalue weighted by Crippen LogP contribution is -2.41. The highest BCUT2D eigenvalue weighted by atomic mass is 19.1. The van der Waals surface area contributed by atoms with Crippen molar-refractivity contribution in [3.8, 4) is 0 Å². The van der Waals surface area contributed by atoms with Gasteiger partial charge in [-0.25, -0.2) is 8.78 Å². The molecule has 23 heavy (non-hydrogen) atoms. The first-order valence-corrected chi connectivity index (χ1v) is 7.74. The van der Waals surface area contributed by atoms with Crippen molar-refractivity contribution in [2.45, 2.75) is 31.7 Å². The molecule has 0 spiro atoms. The van der Waals surface area contributed by atoms with Crippen LogP contribution in [0.4, 0.5) is 8.78 Å². The van der Waals surface area contributed by atoms with Crippen molar-refractivity contribution in [1.82, 2.24) is 10.6 Å². The van der Waals surface area contributed by atoms with Crippen LogP contribution in [0.25, 0.3) is 0 Å². The van der Waals surface area contributed by atoms with E-state index in [4.69, 9.17) is 5.73 Å². The molecule has 1 atom stereocenters. The van der Waals surface area contributed by atoms with Crippen LogP contribution in [0, 0.1) is 17.6 Å². The minimum atomic E-state index is -0.907. The maximum atomic E-state index is 13.4. The molecule has 1 aromatic rings. The largest absolute Gasteiger partial charge is 0.352 e. The Hall–Kier alpha value is -2.02. The number of carbonyl (C=O) groups is 2. The highest BCUT2D eigenvalue weighted by molar-refractivity contribution is 5.94. The SMILES string of the molecule is NCC(NC(=O)CCCNC(=O)c1ccc(F)cc1F)C1CC1. The number of carbonyl (C=O) groups excluding carboxylic acids is 2. The predicted octanol–water partition coefficient (Wildman–Crippen LogP) is 1.33. The lowest BCUT2D eigenvalue weighted by molar-refractivity contribution is -0.122. The predicted molar refractivity (Wildman–Crippen MR) is 81.6 cm³/mol. The molecule has 1 fully saturated rings. The van der Waals surface area contributed by atoms with Crippen molar-refractivity contribution in [1.29, 1.82) is 0 Å². The number of nitrogens with two attached hydrogens (primary N) is 1. The Morgan fingerprint density at radius 2 is 2.04 bits per heavy atom. The number of hydrogen-bond acceptors (Lipinski definition) is 3. The molecule has 7 heteroatoms. The Balaban J connectivity index is 1.68. The van der Waals surface area contributed by atoms with E-state index in [0.29, 0.717) is 24.9 Å². The molecule has 0 aromatic heterocycles. The molecule has 0 radical (unpaired) electrons. The third kappa shape index (κ3) is 5.28. The van der Waals surface area contributed by atoms with Crippen LogP contribution in [0.5, 0.6) is 0 Å². The molecule has 2 rings (SSSR count). The van der Waals surface area contributed by atoms with Crippen molar-refractivity contribution < 1.29 is 18.4 Å². The first kappa shape index (κ1) is 17.3. The monoisotopic (exact) mass is 325 g/mol. The van der Waals surface area contributed by atoms with Gasteiger partial charge in [0.15, 0.2) is 0 Å². The van der Waals surface area contributed by atoms with Gasteiger partial charge in [-0.15, -0.1) is 0 Å². The molecule has 0 saturated heterocycles. The molecule has 0 bridgehead atoms. The number of hydrogen-bond donors (Lipinski definition) is 3. The number of benzene rings is 1. The van der Waals surface area contributed by atoms with E-state index in [-0.39, 0.29) is 30.5 Å². The van der Waals surface area contributed by atoms with Crippen LogP contribution >= 0.6 is 0 Å². The van der Waals surface area contributed by atoms with Gasteiger partial charge >= 0.3 is 0 Å². The third-order valence-electron chi connectivity index (χ3n) is 3.83. The van der Waals surface area contributed by atoms with E-state index in [1.54, 1.807) is 0 Å². The average Bonchev–Trinajstić information content (AvgIpc) is 3.33. The third-order valence-corrected chi connectivity index (χ3v) is 3.83. The molecule has 0 heterocycles. The maximum Gasteiger partial charge on any atom is 0.254 e. The van der Waals surface area contributed by atoms with E-state index < -0.39 is 17.5 Å². The summed E-state index contributed by atoms with van der Waals surface area (Å²) in [5, 5.41) is 5.40. The van der Waals surface area contributed by atoms with E-state index in [2.05, 4.69) is 10.6 Å². The minimum Gasteiger partial charge on any atom is -0.352 e. The summed E-state index contributed by atoms with van der Waals surface area (Å²) in [6.07, 6.45) is 2.89. The quantitative estimate of drug-likeness (QED) is 0.631. The molecule has 0 aliphatic heterocycles. The van der Waals surface area contributed by atoms with Gasteiger partial charge in [0.2, 0.25) is 5.91 Å². The van der Waals surface area contributed by atoms with Crippen LogP contribution in [-0.2, 0) is 4.79 Å². The van der Waals surface area contributed by atoms with Gasteiger partial charge in [-0.1, -0.05) is 0 Å². The molecule has 1 unspecified atom stereocenters. The number of halogens is 2. The van der Waals surface area contributed by atoms with Gasteiger partial charge in [0.25, 0.3) is 5.91 Å². The second-order valence-electron chi connectivity index (χ2n) is 5.73. The Morgan fingerprint density at radius 1 is 1.30 bits per heavy atom. The minimum absolute atomic E-state index is 0.0328. The molecule has 1 aliphatic carbocycles. The molecule has 1 saturated carbocycles. The van der Waals surface area contributed by atoms with E-state index in [1.165, 1.54) is 0 Å². The van der Waals surface area contributed by atoms with Crippen molar-refractivity contribution in [3.05, 3.63) is 35.4 Å². The van der Waals surface area contributed by atoms with Crippen molar-refractivity contribution in [3.63, 3.8) is 0 Å². The molecular weight excluding hydrogens is 304 g/mol. The van der Waals surface area contributed by atoms with Crippen LogP contribution in [0.3, 0.4) is 0 Å². The van der Waals surface area contributed by atoms with E-state index in [1.807, 2.05) is 0 Å². The zero-order valence-electron chi connectivity index (χ0n) is 12.8. The zero-order valence-corrected chi connectivity index (χ0v) is 12.8.